The van der Waals surface area contributed by atoms with Crippen LogP contribution in [0.1, 0.15) is 117 Å². The monoisotopic (exact) mass is 592 g/mol. The highest BCUT2D eigenvalue weighted by Gasteiger charge is 2.26. The SMILES string of the molecule is CCCCCCCC/C=C\CCCCCCCCCC(=O)OC(COC(C)=O)COP(=O)(O)OCC[N+](C)(C)C. The maximum atomic E-state index is 12.3. The number of phosphoric ester groups is 1. The topological polar surface area (TPSA) is 108 Å². The number of esters is 2. The van der Waals surface area contributed by atoms with E-state index in [0.717, 1.165) is 25.7 Å². The number of carbonyl (C=O) groups is 2. The molecule has 0 radical (unpaired) electrons. The Morgan fingerprint density at radius 3 is 1.85 bits per heavy atom. The highest BCUT2D eigenvalue weighted by molar-refractivity contribution is 7.47. The molecule has 40 heavy (non-hydrogen) atoms. The quantitative estimate of drug-likeness (QED) is 0.0353. The number of quaternary nitrogens is 1. The zero-order valence-electron chi connectivity index (χ0n) is 26.1. The number of hydrogen-bond acceptors (Lipinski definition) is 7. The molecule has 0 spiro atoms. The van der Waals surface area contributed by atoms with Crippen LogP contribution in [0.5, 0.6) is 0 Å². The Bertz CT molecular complexity index is 723. The summed E-state index contributed by atoms with van der Waals surface area (Å²) in [6.45, 7) is 3.36. The van der Waals surface area contributed by atoms with Crippen LogP contribution in [0, 0.1) is 0 Å². The number of allylic oxidation sites excluding steroid dienone is 2. The Morgan fingerprint density at radius 1 is 0.800 bits per heavy atom. The first-order chi connectivity index (χ1) is 18.9. The first kappa shape index (κ1) is 38.8. The van der Waals surface area contributed by atoms with Gasteiger partial charge in [0, 0.05) is 13.3 Å². The van der Waals surface area contributed by atoms with Crippen molar-refractivity contribution < 1.29 is 42.1 Å². The second kappa shape index (κ2) is 24.4. The number of hydrogen-bond donors (Lipinski definition) is 1. The van der Waals surface area contributed by atoms with E-state index in [1.165, 1.54) is 71.1 Å². The Labute approximate surface area is 244 Å². The van der Waals surface area contributed by atoms with Crippen LogP contribution in [0.3, 0.4) is 0 Å². The van der Waals surface area contributed by atoms with Gasteiger partial charge < -0.3 is 18.9 Å². The number of rotatable bonds is 27. The van der Waals surface area contributed by atoms with Gasteiger partial charge in [0.25, 0.3) is 0 Å². The van der Waals surface area contributed by atoms with Gasteiger partial charge in [-0.05, 0) is 32.1 Å². The number of likely N-dealkylation sites (N-methyl/N-ethyl adjacent to an activating group) is 1. The molecule has 9 nitrogen and oxygen atoms in total. The summed E-state index contributed by atoms with van der Waals surface area (Å²) in [6, 6.07) is 0. The van der Waals surface area contributed by atoms with E-state index in [9.17, 15) is 19.0 Å². The van der Waals surface area contributed by atoms with Gasteiger partial charge in [0.05, 0.1) is 27.7 Å². The Hall–Kier alpha value is -1.25. The van der Waals surface area contributed by atoms with Gasteiger partial charge >= 0.3 is 19.8 Å². The van der Waals surface area contributed by atoms with Crippen molar-refractivity contribution in [3.63, 3.8) is 0 Å². The zero-order valence-corrected chi connectivity index (χ0v) is 27.0. The first-order valence-electron chi connectivity index (χ1n) is 15.4. The zero-order chi connectivity index (χ0) is 30.1. The number of carbonyl (C=O) groups excluding carboxylic acids is 2. The van der Waals surface area contributed by atoms with Crippen molar-refractivity contribution in [1.29, 1.82) is 0 Å². The van der Waals surface area contributed by atoms with Gasteiger partial charge in [-0.15, -0.1) is 0 Å². The summed E-state index contributed by atoms with van der Waals surface area (Å²) in [5.41, 5.74) is 0. The van der Waals surface area contributed by atoms with Crippen molar-refractivity contribution in [2.45, 2.75) is 123 Å². The molecule has 0 bridgehead atoms. The summed E-state index contributed by atoms with van der Waals surface area (Å²) in [7, 11) is 1.46. The Morgan fingerprint density at radius 2 is 1.32 bits per heavy atom. The minimum absolute atomic E-state index is 0.0298. The summed E-state index contributed by atoms with van der Waals surface area (Å²) in [4.78, 5) is 33.3. The van der Waals surface area contributed by atoms with Gasteiger partial charge in [-0.3, -0.25) is 18.6 Å². The molecule has 0 heterocycles. The van der Waals surface area contributed by atoms with E-state index in [2.05, 4.69) is 19.1 Å². The molecule has 2 unspecified atom stereocenters. The smallest absolute Gasteiger partial charge is 0.462 e. The maximum absolute atomic E-state index is 12.3. The second-order valence-corrected chi connectivity index (χ2v) is 13.0. The maximum Gasteiger partial charge on any atom is 0.472 e. The lowest BCUT2D eigenvalue weighted by atomic mass is 10.1. The molecule has 0 amide bonds. The minimum atomic E-state index is -4.32. The first-order valence-corrected chi connectivity index (χ1v) is 16.8. The average molecular weight is 593 g/mol. The molecule has 0 aliphatic heterocycles. The molecule has 0 aromatic carbocycles. The van der Waals surface area contributed by atoms with E-state index >= 15 is 0 Å². The van der Waals surface area contributed by atoms with Gasteiger partial charge in [0.2, 0.25) is 0 Å². The molecule has 0 aliphatic rings. The molecule has 0 aromatic rings. The Kier molecular flexibility index (Phi) is 23.6. The molecule has 0 fully saturated rings. The third-order valence-electron chi connectivity index (χ3n) is 6.35. The lowest BCUT2D eigenvalue weighted by Gasteiger charge is -2.24. The van der Waals surface area contributed by atoms with Crippen molar-refractivity contribution in [2.75, 3.05) is 47.5 Å². The largest absolute Gasteiger partial charge is 0.472 e. The molecule has 0 saturated carbocycles. The number of unbranched alkanes of at least 4 members (excludes halogenated alkanes) is 13. The summed E-state index contributed by atoms with van der Waals surface area (Å²) in [6.07, 6.45) is 21.9. The van der Waals surface area contributed by atoms with Crippen LogP contribution in [0.25, 0.3) is 0 Å². The predicted octanol–water partition coefficient (Wildman–Crippen LogP) is 7.12. The van der Waals surface area contributed by atoms with E-state index in [-0.39, 0.29) is 19.6 Å². The summed E-state index contributed by atoms with van der Waals surface area (Å²) in [5, 5.41) is 0. The lowest BCUT2D eigenvalue weighted by Crippen LogP contribution is -2.37. The fourth-order valence-electron chi connectivity index (χ4n) is 3.91. The molecule has 2 atom stereocenters. The highest BCUT2D eigenvalue weighted by Crippen LogP contribution is 2.43. The lowest BCUT2D eigenvalue weighted by molar-refractivity contribution is -0.870. The molecule has 1 N–H and O–H groups in total. The van der Waals surface area contributed by atoms with Crippen molar-refractivity contribution in [2.24, 2.45) is 0 Å². The van der Waals surface area contributed by atoms with Gasteiger partial charge in [-0.2, -0.15) is 0 Å². The highest BCUT2D eigenvalue weighted by atomic mass is 31.2. The van der Waals surface area contributed by atoms with Crippen LogP contribution in [-0.4, -0.2) is 74.9 Å². The number of nitrogens with zero attached hydrogens (tertiary/aromatic N) is 1. The molecule has 0 saturated heterocycles. The minimum Gasteiger partial charge on any atom is -0.462 e. The van der Waals surface area contributed by atoms with Crippen molar-refractivity contribution in [3.05, 3.63) is 12.2 Å². The molecule has 10 heteroatoms. The van der Waals surface area contributed by atoms with Crippen LogP contribution in [0.4, 0.5) is 0 Å². The van der Waals surface area contributed by atoms with Crippen LogP contribution in [0.15, 0.2) is 12.2 Å². The van der Waals surface area contributed by atoms with Crippen molar-refractivity contribution >= 4 is 19.8 Å². The van der Waals surface area contributed by atoms with Gasteiger partial charge in [0.15, 0.2) is 6.10 Å². The van der Waals surface area contributed by atoms with E-state index in [1.807, 2.05) is 21.1 Å². The molecular weight excluding hydrogens is 533 g/mol. The van der Waals surface area contributed by atoms with Gasteiger partial charge in [0.1, 0.15) is 19.8 Å². The second-order valence-electron chi connectivity index (χ2n) is 11.6. The van der Waals surface area contributed by atoms with Gasteiger partial charge in [-0.25, -0.2) is 4.57 Å². The molecule has 0 aliphatic carbocycles. The summed E-state index contributed by atoms with van der Waals surface area (Å²) in [5.74, 6) is -0.996. The summed E-state index contributed by atoms with van der Waals surface area (Å²) < 4.78 is 32.9. The third-order valence-corrected chi connectivity index (χ3v) is 7.34. The molecule has 0 aromatic heterocycles. The Balaban J connectivity index is 3.98. The van der Waals surface area contributed by atoms with Crippen LogP contribution >= 0.6 is 7.82 Å². The summed E-state index contributed by atoms with van der Waals surface area (Å²) >= 11 is 0. The van der Waals surface area contributed by atoms with Gasteiger partial charge in [-0.1, -0.05) is 83.3 Å². The van der Waals surface area contributed by atoms with E-state index < -0.39 is 32.5 Å². The number of ether oxygens (including phenoxy) is 2. The predicted molar refractivity (Wildman–Crippen MR) is 160 cm³/mol. The number of phosphoric acid groups is 1. The standard InChI is InChI=1S/C30H58NO8P/c1-6-7-8-9-10-11-12-13-14-15-16-17-18-19-20-21-22-23-30(33)39-29(26-36-28(2)32)27-38-40(34,35)37-25-24-31(3,4)5/h13-14,29H,6-12,15-27H2,1-5H3/p+1/b14-13-. The molecule has 0 rings (SSSR count). The molecule has 236 valence electrons. The van der Waals surface area contributed by atoms with E-state index in [4.69, 9.17) is 18.5 Å². The fourth-order valence-corrected chi connectivity index (χ4v) is 4.65. The van der Waals surface area contributed by atoms with E-state index in [1.54, 1.807) is 0 Å². The normalized spacial score (nSPS) is 14.2. The van der Waals surface area contributed by atoms with Crippen LogP contribution in [-0.2, 0) is 32.7 Å². The fraction of sp³-hybridized carbons (Fsp3) is 0.867. The van der Waals surface area contributed by atoms with Crippen LogP contribution < -0.4 is 0 Å². The van der Waals surface area contributed by atoms with E-state index in [0.29, 0.717) is 17.4 Å². The van der Waals surface area contributed by atoms with Crippen molar-refractivity contribution in [3.8, 4) is 0 Å². The molecular formula is C30H59NO8P+. The third kappa shape index (κ3) is 28.3. The average Bonchev–Trinajstić information content (AvgIpc) is 2.86. The van der Waals surface area contributed by atoms with Crippen LogP contribution in [0.2, 0.25) is 0 Å². The van der Waals surface area contributed by atoms with Crippen molar-refractivity contribution in [1.82, 2.24) is 0 Å².